The number of aliphatic hydroxyl groups is 1. The first-order valence-electron chi connectivity index (χ1n) is 11.4. The van der Waals surface area contributed by atoms with E-state index in [-0.39, 0.29) is 6.10 Å². The number of aliphatic hydroxyl groups excluding tert-OH is 1. The van der Waals surface area contributed by atoms with Crippen molar-refractivity contribution in [3.05, 3.63) is 0 Å². The molecule has 0 atom stereocenters. The second-order valence-electron chi connectivity index (χ2n) is 8.27. The molecule has 3 fully saturated rings. The third-order valence-corrected chi connectivity index (χ3v) is 6.20. The minimum atomic E-state index is 0.0196. The average molecular weight is 356 g/mol. The average Bonchev–Trinajstić information content (AvgIpc) is 2.60. The summed E-state index contributed by atoms with van der Waals surface area (Å²) in [5.41, 5.74) is 0. The Morgan fingerprint density at radius 2 is 1.20 bits per heavy atom. The number of rotatable bonds is 2. The SMILES string of the molecule is CC.CC1CCC(O)CC1.CCC1CCC1.CCC1CCN(C)CC1. The summed E-state index contributed by atoms with van der Waals surface area (Å²) in [6, 6.07) is 0. The quantitative estimate of drug-likeness (QED) is 0.609. The van der Waals surface area contributed by atoms with Gasteiger partial charge in [-0.25, -0.2) is 0 Å². The summed E-state index contributed by atoms with van der Waals surface area (Å²) >= 11 is 0. The van der Waals surface area contributed by atoms with Crippen molar-refractivity contribution in [2.45, 2.75) is 111 Å². The van der Waals surface area contributed by atoms with Crippen molar-refractivity contribution in [3.8, 4) is 0 Å². The zero-order valence-corrected chi connectivity index (χ0v) is 18.4. The molecule has 0 aromatic rings. The summed E-state index contributed by atoms with van der Waals surface area (Å²) in [5.74, 6) is 3.00. The lowest BCUT2D eigenvalue weighted by molar-refractivity contribution is 0.112. The summed E-state index contributed by atoms with van der Waals surface area (Å²) in [7, 11) is 2.21. The summed E-state index contributed by atoms with van der Waals surface area (Å²) in [5, 5.41) is 9.03. The van der Waals surface area contributed by atoms with Crippen LogP contribution in [0.4, 0.5) is 0 Å². The van der Waals surface area contributed by atoms with E-state index in [4.69, 9.17) is 5.11 Å². The van der Waals surface area contributed by atoms with Gasteiger partial charge in [-0.05, 0) is 76.4 Å². The highest BCUT2D eigenvalue weighted by molar-refractivity contribution is 4.68. The lowest BCUT2D eigenvalue weighted by Crippen LogP contribution is -2.29. The van der Waals surface area contributed by atoms with Gasteiger partial charge in [0.1, 0.15) is 0 Å². The number of hydrogen-bond donors (Lipinski definition) is 1. The Balaban J connectivity index is 0.000000334. The Morgan fingerprint density at radius 1 is 0.760 bits per heavy atom. The van der Waals surface area contributed by atoms with Crippen LogP contribution >= 0.6 is 0 Å². The van der Waals surface area contributed by atoms with Gasteiger partial charge < -0.3 is 10.0 Å². The van der Waals surface area contributed by atoms with Crippen LogP contribution < -0.4 is 0 Å². The Hall–Kier alpha value is -0.0800. The van der Waals surface area contributed by atoms with Crippen LogP contribution in [0.5, 0.6) is 0 Å². The van der Waals surface area contributed by atoms with Crippen LogP contribution in [-0.4, -0.2) is 36.2 Å². The first-order valence-corrected chi connectivity index (χ1v) is 11.4. The van der Waals surface area contributed by atoms with Crippen LogP contribution in [0.15, 0.2) is 0 Å². The molecule has 152 valence electrons. The molecule has 3 rings (SSSR count). The number of hydrogen-bond acceptors (Lipinski definition) is 2. The topological polar surface area (TPSA) is 23.5 Å². The molecule has 2 nitrogen and oxygen atoms in total. The van der Waals surface area contributed by atoms with Gasteiger partial charge in [-0.2, -0.15) is 0 Å². The van der Waals surface area contributed by atoms with Gasteiger partial charge >= 0.3 is 0 Å². The van der Waals surface area contributed by atoms with E-state index in [9.17, 15) is 0 Å². The van der Waals surface area contributed by atoms with Gasteiger partial charge in [-0.15, -0.1) is 0 Å². The highest BCUT2D eigenvalue weighted by atomic mass is 16.3. The Kier molecular flexibility index (Phi) is 16.1. The normalized spacial score (nSPS) is 27.5. The smallest absolute Gasteiger partial charge is 0.0540 e. The molecule has 1 heterocycles. The lowest BCUT2D eigenvalue weighted by atomic mass is 9.84. The third kappa shape index (κ3) is 12.8. The predicted molar refractivity (Wildman–Crippen MR) is 113 cm³/mol. The number of likely N-dealkylation sites (tertiary alicyclic amines) is 1. The second-order valence-corrected chi connectivity index (χ2v) is 8.27. The van der Waals surface area contributed by atoms with E-state index in [1.54, 1.807) is 0 Å². The van der Waals surface area contributed by atoms with E-state index >= 15 is 0 Å². The van der Waals surface area contributed by atoms with Crippen molar-refractivity contribution in [2.24, 2.45) is 17.8 Å². The predicted octanol–water partition coefficient (Wildman–Crippen LogP) is 6.52. The van der Waals surface area contributed by atoms with E-state index in [1.165, 1.54) is 70.9 Å². The summed E-state index contributed by atoms with van der Waals surface area (Å²) in [6.45, 7) is 13.5. The minimum Gasteiger partial charge on any atom is -0.393 e. The van der Waals surface area contributed by atoms with Crippen LogP contribution in [0.3, 0.4) is 0 Å². The van der Waals surface area contributed by atoms with Crippen molar-refractivity contribution >= 4 is 0 Å². The standard InChI is InChI=1S/C8H17N.C7H14O.C6H12.C2H6/c1-3-8-4-6-9(2)7-5-8;1-6-2-4-7(8)5-3-6;1-2-6-4-3-5-6;1-2/h8H,3-7H2,1-2H3;6-8H,2-5H2,1H3;6H,2-5H2,1H3;1-2H3. The van der Waals surface area contributed by atoms with Gasteiger partial charge in [0.15, 0.2) is 0 Å². The lowest BCUT2D eigenvalue weighted by Gasteiger charge is -2.27. The maximum Gasteiger partial charge on any atom is 0.0540 e. The van der Waals surface area contributed by atoms with E-state index in [1.807, 2.05) is 13.8 Å². The minimum absolute atomic E-state index is 0.0196. The van der Waals surface area contributed by atoms with Crippen molar-refractivity contribution in [2.75, 3.05) is 20.1 Å². The first-order chi connectivity index (χ1) is 12.0. The van der Waals surface area contributed by atoms with Crippen molar-refractivity contribution in [1.82, 2.24) is 4.90 Å². The van der Waals surface area contributed by atoms with Gasteiger partial charge in [0.2, 0.25) is 0 Å². The molecule has 0 unspecified atom stereocenters. The van der Waals surface area contributed by atoms with Gasteiger partial charge in [-0.1, -0.05) is 66.7 Å². The second kappa shape index (κ2) is 16.1. The van der Waals surface area contributed by atoms with E-state index < -0.39 is 0 Å². The summed E-state index contributed by atoms with van der Waals surface area (Å²) in [6.07, 6.45) is 14.7. The highest BCUT2D eigenvalue weighted by Gasteiger charge is 2.15. The molecular formula is C23H49NO. The molecule has 1 saturated heterocycles. The van der Waals surface area contributed by atoms with Crippen LogP contribution in [0.2, 0.25) is 0 Å². The fourth-order valence-electron chi connectivity index (χ4n) is 3.61. The molecular weight excluding hydrogens is 306 g/mol. The Labute approximate surface area is 159 Å². The van der Waals surface area contributed by atoms with Crippen molar-refractivity contribution in [1.29, 1.82) is 0 Å². The third-order valence-electron chi connectivity index (χ3n) is 6.20. The first kappa shape index (κ1) is 24.9. The molecule has 0 amide bonds. The Bertz CT molecular complexity index is 249. The van der Waals surface area contributed by atoms with Gasteiger partial charge in [0.05, 0.1) is 6.10 Å². The van der Waals surface area contributed by atoms with Gasteiger partial charge in [-0.3, -0.25) is 0 Å². The van der Waals surface area contributed by atoms with Crippen LogP contribution in [-0.2, 0) is 0 Å². The molecule has 1 aliphatic heterocycles. The Morgan fingerprint density at radius 3 is 1.48 bits per heavy atom. The van der Waals surface area contributed by atoms with Crippen LogP contribution in [0.1, 0.15) is 105 Å². The maximum absolute atomic E-state index is 9.03. The maximum atomic E-state index is 9.03. The molecule has 2 aliphatic carbocycles. The van der Waals surface area contributed by atoms with Crippen LogP contribution in [0.25, 0.3) is 0 Å². The zero-order valence-electron chi connectivity index (χ0n) is 18.4. The van der Waals surface area contributed by atoms with Gasteiger partial charge in [0, 0.05) is 0 Å². The molecule has 25 heavy (non-hydrogen) atoms. The molecule has 2 saturated carbocycles. The molecule has 2 heteroatoms. The fraction of sp³-hybridized carbons (Fsp3) is 1.00. The van der Waals surface area contributed by atoms with E-state index in [0.29, 0.717) is 0 Å². The summed E-state index contributed by atoms with van der Waals surface area (Å²) in [4.78, 5) is 2.42. The molecule has 0 spiro atoms. The molecule has 0 aromatic heterocycles. The molecule has 0 aromatic carbocycles. The fourth-order valence-corrected chi connectivity index (χ4v) is 3.61. The van der Waals surface area contributed by atoms with Crippen LogP contribution in [0, 0.1) is 17.8 Å². The molecule has 0 bridgehead atoms. The molecule has 0 radical (unpaired) electrons. The van der Waals surface area contributed by atoms with E-state index in [0.717, 1.165) is 30.6 Å². The summed E-state index contributed by atoms with van der Waals surface area (Å²) < 4.78 is 0. The van der Waals surface area contributed by atoms with Gasteiger partial charge in [0.25, 0.3) is 0 Å². The largest absolute Gasteiger partial charge is 0.393 e. The number of nitrogens with zero attached hydrogens (tertiary/aromatic N) is 1. The monoisotopic (exact) mass is 355 g/mol. The highest BCUT2D eigenvalue weighted by Crippen LogP contribution is 2.28. The van der Waals surface area contributed by atoms with Crippen molar-refractivity contribution < 1.29 is 5.11 Å². The molecule has 1 N–H and O–H groups in total. The van der Waals surface area contributed by atoms with Crippen molar-refractivity contribution in [3.63, 3.8) is 0 Å². The number of piperidine rings is 1. The van der Waals surface area contributed by atoms with E-state index in [2.05, 4.69) is 32.7 Å². The molecule has 3 aliphatic rings. The zero-order chi connectivity index (χ0) is 19.1.